The van der Waals surface area contributed by atoms with E-state index in [1.54, 1.807) is 4.90 Å². The molecule has 3 aliphatic rings. The highest BCUT2D eigenvalue weighted by Gasteiger charge is 2.33. The number of urea groups is 1. The van der Waals surface area contributed by atoms with Crippen molar-refractivity contribution in [3.05, 3.63) is 35.5 Å². The van der Waals surface area contributed by atoms with Crippen LogP contribution in [-0.4, -0.2) is 59.9 Å². The second-order valence-electron chi connectivity index (χ2n) is 10.5. The number of nitrogens with one attached hydrogen (secondary N) is 1. The molecule has 1 fully saturated rings. The first-order chi connectivity index (χ1) is 17.5. The van der Waals surface area contributed by atoms with E-state index in [2.05, 4.69) is 48.5 Å². The molecule has 0 aromatic heterocycles. The molecule has 1 heterocycles. The van der Waals surface area contributed by atoms with Crippen molar-refractivity contribution in [3.8, 4) is 0 Å². The molecule has 7 heteroatoms. The average Bonchev–Trinajstić information content (AvgIpc) is 3.02. The maximum atomic E-state index is 13.0. The molecular weight excluding hydrogens is 450 g/mol. The van der Waals surface area contributed by atoms with Gasteiger partial charge in [0.05, 0.1) is 6.54 Å². The molecule has 200 valence electrons. The van der Waals surface area contributed by atoms with Gasteiger partial charge in [-0.15, -0.1) is 0 Å². The first kappa shape index (κ1) is 28.0. The van der Waals surface area contributed by atoms with Crippen LogP contribution in [0.1, 0.15) is 90.9 Å². The third-order valence-electron chi connectivity index (χ3n) is 7.51. The zero-order valence-electron chi connectivity index (χ0n) is 22.5. The van der Waals surface area contributed by atoms with E-state index in [1.807, 2.05) is 4.90 Å². The highest BCUT2D eigenvalue weighted by Crippen LogP contribution is 2.29. The van der Waals surface area contributed by atoms with Gasteiger partial charge in [0, 0.05) is 19.6 Å². The van der Waals surface area contributed by atoms with E-state index in [0.717, 1.165) is 69.5 Å². The van der Waals surface area contributed by atoms with Gasteiger partial charge in [-0.3, -0.25) is 9.69 Å². The number of nitrogens with zero attached hydrogens (tertiary/aromatic N) is 3. The zero-order valence-corrected chi connectivity index (χ0v) is 22.5. The molecule has 0 aromatic carbocycles. The third-order valence-corrected chi connectivity index (χ3v) is 7.51. The van der Waals surface area contributed by atoms with Crippen LogP contribution in [0, 0.1) is 5.92 Å². The van der Waals surface area contributed by atoms with Crippen LogP contribution in [0.2, 0.25) is 0 Å². The molecule has 0 aromatic rings. The first-order valence-electron chi connectivity index (χ1n) is 14.2. The van der Waals surface area contributed by atoms with E-state index in [0.29, 0.717) is 19.0 Å². The SMILES string of the molecule is CCCCCNC(=O)N(CCC)CC1=CC=C(CN2C(=O)C(CCC3CCCCC3)N=C2N)C=CC1. The van der Waals surface area contributed by atoms with Crippen LogP contribution in [0.4, 0.5) is 4.79 Å². The summed E-state index contributed by atoms with van der Waals surface area (Å²) in [6, 6.07) is -0.316. The third kappa shape index (κ3) is 8.52. The molecule has 36 heavy (non-hydrogen) atoms. The molecule has 3 amide bonds. The molecular formula is C29H47N5O2. The maximum Gasteiger partial charge on any atom is 0.317 e. The predicted octanol–water partition coefficient (Wildman–Crippen LogP) is 5.30. The zero-order chi connectivity index (χ0) is 25.8. The number of allylic oxidation sites excluding steroid dienone is 3. The van der Waals surface area contributed by atoms with E-state index in [9.17, 15) is 9.59 Å². The number of nitrogens with two attached hydrogens (primary N) is 1. The number of aliphatic imine (C=N–C) groups is 1. The van der Waals surface area contributed by atoms with E-state index >= 15 is 0 Å². The molecule has 1 aliphatic heterocycles. The molecule has 3 N–H and O–H groups in total. The van der Waals surface area contributed by atoms with Gasteiger partial charge in [0.25, 0.3) is 5.91 Å². The average molecular weight is 498 g/mol. The van der Waals surface area contributed by atoms with Gasteiger partial charge >= 0.3 is 6.03 Å². The molecule has 1 atom stereocenters. The summed E-state index contributed by atoms with van der Waals surface area (Å²) in [5.41, 5.74) is 8.38. The van der Waals surface area contributed by atoms with Crippen molar-refractivity contribution in [1.82, 2.24) is 15.1 Å². The van der Waals surface area contributed by atoms with Crippen molar-refractivity contribution >= 4 is 17.9 Å². The summed E-state index contributed by atoms with van der Waals surface area (Å²) < 4.78 is 0. The lowest BCUT2D eigenvalue weighted by Gasteiger charge is -2.23. The Bertz CT molecular complexity index is 854. The standard InChI is InChI=1S/C29H47N5O2/c1-3-5-9-19-31-29(36)33(20-4-2)21-24-13-10-14-25(16-15-24)22-34-27(35)26(32-28(34)30)18-17-23-11-7-6-8-12-23/h10,14-16,23,26H,3-9,11-13,17-22H2,1-2H3,(H2,30,32)(H,31,36). The molecule has 2 aliphatic carbocycles. The Kier molecular flexibility index (Phi) is 11.6. The van der Waals surface area contributed by atoms with Crippen molar-refractivity contribution in [1.29, 1.82) is 0 Å². The van der Waals surface area contributed by atoms with Gasteiger partial charge in [0.1, 0.15) is 6.04 Å². The first-order valence-corrected chi connectivity index (χ1v) is 14.2. The number of hydrogen-bond donors (Lipinski definition) is 2. The lowest BCUT2D eigenvalue weighted by atomic mass is 9.85. The molecule has 1 unspecified atom stereocenters. The van der Waals surface area contributed by atoms with Crippen LogP contribution in [0.5, 0.6) is 0 Å². The molecule has 0 bridgehead atoms. The van der Waals surface area contributed by atoms with Gasteiger partial charge < -0.3 is 16.0 Å². The Balaban J connectivity index is 1.53. The Morgan fingerprint density at radius 1 is 1.14 bits per heavy atom. The summed E-state index contributed by atoms with van der Waals surface area (Å²) >= 11 is 0. The van der Waals surface area contributed by atoms with Crippen molar-refractivity contribution in [2.75, 3.05) is 26.2 Å². The van der Waals surface area contributed by atoms with E-state index in [4.69, 9.17) is 5.73 Å². The lowest BCUT2D eigenvalue weighted by molar-refractivity contribution is -0.127. The minimum absolute atomic E-state index is 0.0113. The van der Waals surface area contributed by atoms with E-state index in [-0.39, 0.29) is 18.0 Å². The Morgan fingerprint density at radius 2 is 1.94 bits per heavy atom. The number of rotatable bonds is 13. The summed E-state index contributed by atoms with van der Waals surface area (Å²) in [6.45, 7) is 6.76. The topological polar surface area (TPSA) is 91.0 Å². The maximum absolute atomic E-state index is 13.0. The van der Waals surface area contributed by atoms with Gasteiger partial charge in [-0.25, -0.2) is 9.79 Å². The number of hydrogen-bond acceptors (Lipinski definition) is 4. The lowest BCUT2D eigenvalue weighted by Crippen LogP contribution is -2.41. The highest BCUT2D eigenvalue weighted by atomic mass is 16.2. The molecule has 7 nitrogen and oxygen atoms in total. The van der Waals surface area contributed by atoms with Gasteiger partial charge in [-0.05, 0) is 49.2 Å². The summed E-state index contributed by atoms with van der Waals surface area (Å²) in [7, 11) is 0. The fourth-order valence-electron chi connectivity index (χ4n) is 5.36. The van der Waals surface area contributed by atoms with Gasteiger partial charge in [-0.2, -0.15) is 0 Å². The molecule has 0 spiro atoms. The normalized spacial score (nSPS) is 20.6. The molecule has 3 rings (SSSR count). The summed E-state index contributed by atoms with van der Waals surface area (Å²) in [5, 5.41) is 3.06. The second-order valence-corrected chi connectivity index (χ2v) is 10.5. The number of guanidine groups is 1. The number of carbonyl (C=O) groups is 2. The van der Waals surface area contributed by atoms with Crippen molar-refractivity contribution in [2.24, 2.45) is 16.6 Å². The fourth-order valence-corrected chi connectivity index (χ4v) is 5.36. The molecule has 1 saturated carbocycles. The van der Waals surface area contributed by atoms with Crippen molar-refractivity contribution in [2.45, 2.75) is 96.9 Å². The minimum atomic E-state index is -0.327. The smallest absolute Gasteiger partial charge is 0.317 e. The molecule has 0 saturated heterocycles. The van der Waals surface area contributed by atoms with Crippen LogP contribution >= 0.6 is 0 Å². The molecule has 0 radical (unpaired) electrons. The minimum Gasteiger partial charge on any atom is -0.369 e. The number of amides is 3. The van der Waals surface area contributed by atoms with Crippen molar-refractivity contribution in [3.63, 3.8) is 0 Å². The van der Waals surface area contributed by atoms with Crippen LogP contribution in [0.25, 0.3) is 0 Å². The summed E-state index contributed by atoms with van der Waals surface area (Å²) in [4.78, 5) is 33.8. The Labute approximate surface area is 217 Å². The fraction of sp³-hybridized carbons (Fsp3) is 0.690. The summed E-state index contributed by atoms with van der Waals surface area (Å²) in [5.74, 6) is 1.10. The highest BCUT2D eigenvalue weighted by molar-refractivity contribution is 6.04. The predicted molar refractivity (Wildman–Crippen MR) is 148 cm³/mol. The largest absolute Gasteiger partial charge is 0.369 e. The van der Waals surface area contributed by atoms with Gasteiger partial charge in [0.15, 0.2) is 5.96 Å². The Hall–Kier alpha value is -2.57. The summed E-state index contributed by atoms with van der Waals surface area (Å²) in [6.07, 6.45) is 21.7. The van der Waals surface area contributed by atoms with E-state index < -0.39 is 0 Å². The number of carbonyl (C=O) groups excluding carboxylic acids is 2. The van der Waals surface area contributed by atoms with Gasteiger partial charge in [0.2, 0.25) is 0 Å². The van der Waals surface area contributed by atoms with E-state index in [1.165, 1.54) is 37.7 Å². The number of unbranched alkanes of at least 4 members (excludes halogenated alkanes) is 2. The van der Waals surface area contributed by atoms with Gasteiger partial charge in [-0.1, -0.05) is 83.1 Å². The van der Waals surface area contributed by atoms with Crippen LogP contribution in [0.3, 0.4) is 0 Å². The van der Waals surface area contributed by atoms with Crippen LogP contribution in [0.15, 0.2) is 40.4 Å². The van der Waals surface area contributed by atoms with Crippen LogP contribution < -0.4 is 11.1 Å². The van der Waals surface area contributed by atoms with Crippen LogP contribution in [-0.2, 0) is 4.79 Å². The monoisotopic (exact) mass is 497 g/mol. The Morgan fingerprint density at radius 3 is 2.69 bits per heavy atom. The quantitative estimate of drug-likeness (QED) is 0.338. The van der Waals surface area contributed by atoms with Crippen molar-refractivity contribution < 1.29 is 9.59 Å². The second kappa shape index (κ2) is 14.9.